The molecule has 0 saturated carbocycles. The maximum absolute atomic E-state index is 13.8. The summed E-state index contributed by atoms with van der Waals surface area (Å²) in [6.07, 6.45) is -1.17. The van der Waals surface area contributed by atoms with E-state index < -0.39 is 32.0 Å². The second-order valence-corrected chi connectivity index (χ2v) is 11.6. The standard InChI is InChI=1S/C23H30FO5P/c1-15-10-16(6-7-20(15)24)18-12-22(2,3)14-23(4,5)19(18)8-9-30(28,29)13-17(25)11-21(26)27/h6-7,10,17,25H,11-14H2,1-5H3,(H,26,27)(H,28,29)/t17-/m0/s1. The Morgan fingerprint density at radius 2 is 1.93 bits per heavy atom. The summed E-state index contributed by atoms with van der Waals surface area (Å²) in [6, 6.07) is 4.88. The molecule has 30 heavy (non-hydrogen) atoms. The molecule has 0 amide bonds. The number of hydrogen-bond donors (Lipinski definition) is 3. The second kappa shape index (κ2) is 8.67. The summed E-state index contributed by atoms with van der Waals surface area (Å²) >= 11 is 0. The largest absolute Gasteiger partial charge is 0.481 e. The molecular formula is C23H30FO5P. The third-order valence-electron chi connectivity index (χ3n) is 5.28. The highest BCUT2D eigenvalue weighted by molar-refractivity contribution is 7.63. The molecule has 1 aliphatic carbocycles. The highest BCUT2D eigenvalue weighted by atomic mass is 31.2. The number of carbonyl (C=O) groups is 1. The zero-order chi connectivity index (χ0) is 22.9. The van der Waals surface area contributed by atoms with Crippen molar-refractivity contribution in [2.45, 2.75) is 60.0 Å². The van der Waals surface area contributed by atoms with Crippen LogP contribution in [-0.2, 0) is 9.36 Å². The molecule has 0 heterocycles. The lowest BCUT2D eigenvalue weighted by Crippen LogP contribution is -2.30. The van der Waals surface area contributed by atoms with Crippen molar-refractivity contribution in [1.29, 1.82) is 0 Å². The Kier molecular flexibility index (Phi) is 7.03. The Bertz CT molecular complexity index is 981. The van der Waals surface area contributed by atoms with Crippen molar-refractivity contribution in [1.82, 2.24) is 0 Å². The molecule has 1 aromatic carbocycles. The third kappa shape index (κ3) is 6.28. The predicted molar refractivity (Wildman–Crippen MR) is 116 cm³/mol. The van der Waals surface area contributed by atoms with Crippen molar-refractivity contribution >= 4 is 18.9 Å². The summed E-state index contributed by atoms with van der Waals surface area (Å²) in [5.41, 5.74) is 4.98. The van der Waals surface area contributed by atoms with E-state index in [-0.39, 0.29) is 16.6 Å². The van der Waals surface area contributed by atoms with Gasteiger partial charge in [-0.25, -0.2) is 4.39 Å². The lowest BCUT2D eigenvalue weighted by molar-refractivity contribution is -0.138. The fourth-order valence-corrected chi connectivity index (χ4v) is 5.47. The quantitative estimate of drug-likeness (QED) is 0.455. The van der Waals surface area contributed by atoms with Gasteiger partial charge in [0.2, 0.25) is 0 Å². The molecule has 0 aliphatic heterocycles. The number of rotatable bonds is 5. The molecule has 0 radical (unpaired) electrons. The van der Waals surface area contributed by atoms with Gasteiger partial charge >= 0.3 is 5.97 Å². The van der Waals surface area contributed by atoms with Gasteiger partial charge in [-0.15, -0.1) is 0 Å². The number of carboxylic acid groups (broad SMARTS) is 1. The van der Waals surface area contributed by atoms with E-state index in [1.165, 1.54) is 6.07 Å². The number of hydrogen-bond acceptors (Lipinski definition) is 3. The Hall–Kier alpha value is -1.93. The van der Waals surface area contributed by atoms with E-state index in [0.717, 1.165) is 23.1 Å². The van der Waals surface area contributed by atoms with Crippen molar-refractivity contribution in [2.75, 3.05) is 6.16 Å². The molecule has 3 N–H and O–H groups in total. The van der Waals surface area contributed by atoms with Crippen molar-refractivity contribution in [3.8, 4) is 11.6 Å². The number of allylic oxidation sites excluding steroid dienone is 2. The van der Waals surface area contributed by atoms with Crippen molar-refractivity contribution < 1.29 is 28.9 Å². The van der Waals surface area contributed by atoms with E-state index in [9.17, 15) is 23.7 Å². The average Bonchev–Trinajstić information content (AvgIpc) is 2.52. The van der Waals surface area contributed by atoms with E-state index in [2.05, 4.69) is 25.4 Å². The fourth-order valence-electron chi connectivity index (χ4n) is 4.39. The topological polar surface area (TPSA) is 94.8 Å². The molecule has 1 aromatic rings. The summed E-state index contributed by atoms with van der Waals surface area (Å²) in [5.74, 6) is 1.35. The lowest BCUT2D eigenvalue weighted by Gasteiger charge is -2.42. The van der Waals surface area contributed by atoms with Crippen molar-refractivity contribution in [2.24, 2.45) is 10.8 Å². The molecule has 1 aliphatic rings. The van der Waals surface area contributed by atoms with Crippen LogP contribution in [0.25, 0.3) is 5.57 Å². The third-order valence-corrected chi connectivity index (χ3v) is 6.66. The Labute approximate surface area is 177 Å². The number of aliphatic hydroxyl groups excluding tert-OH is 1. The molecule has 0 fully saturated rings. The number of benzene rings is 1. The van der Waals surface area contributed by atoms with Crippen LogP contribution in [0, 0.1) is 35.2 Å². The summed E-state index contributed by atoms with van der Waals surface area (Å²) in [5, 5.41) is 18.5. The van der Waals surface area contributed by atoms with E-state index in [1.807, 2.05) is 13.8 Å². The molecule has 164 valence electrons. The molecule has 7 heteroatoms. The van der Waals surface area contributed by atoms with Crippen LogP contribution in [0.2, 0.25) is 0 Å². The van der Waals surface area contributed by atoms with Crippen molar-refractivity contribution in [3.05, 3.63) is 40.7 Å². The van der Waals surface area contributed by atoms with Crippen LogP contribution in [0.5, 0.6) is 0 Å². The van der Waals surface area contributed by atoms with Gasteiger partial charge in [0.05, 0.1) is 18.7 Å². The molecule has 2 rings (SSSR count). The van der Waals surface area contributed by atoms with Crippen LogP contribution in [-0.4, -0.2) is 33.3 Å². The number of aliphatic hydroxyl groups is 1. The normalized spacial score (nSPS) is 20.7. The zero-order valence-electron chi connectivity index (χ0n) is 18.1. The average molecular weight is 436 g/mol. The van der Waals surface area contributed by atoms with E-state index in [1.54, 1.807) is 19.1 Å². The maximum atomic E-state index is 13.8. The molecule has 0 saturated heterocycles. The Morgan fingerprint density at radius 3 is 2.50 bits per heavy atom. The highest BCUT2D eigenvalue weighted by Gasteiger charge is 2.39. The van der Waals surface area contributed by atoms with Crippen LogP contribution in [0.4, 0.5) is 4.39 Å². The van der Waals surface area contributed by atoms with E-state index in [0.29, 0.717) is 12.0 Å². The van der Waals surface area contributed by atoms with Gasteiger partial charge in [0, 0.05) is 5.57 Å². The Balaban J connectivity index is 2.55. The molecule has 5 nitrogen and oxygen atoms in total. The first kappa shape index (κ1) is 24.3. The summed E-state index contributed by atoms with van der Waals surface area (Å²) in [6.45, 7) is 10.0. The summed E-state index contributed by atoms with van der Waals surface area (Å²) in [7, 11) is -4.06. The molecule has 0 aromatic heterocycles. The monoisotopic (exact) mass is 436 g/mol. The fraction of sp³-hybridized carbons (Fsp3) is 0.522. The predicted octanol–water partition coefficient (Wildman–Crippen LogP) is 4.80. The molecule has 1 unspecified atom stereocenters. The van der Waals surface area contributed by atoms with Gasteiger partial charge < -0.3 is 15.1 Å². The van der Waals surface area contributed by atoms with Crippen molar-refractivity contribution in [3.63, 3.8) is 0 Å². The summed E-state index contributed by atoms with van der Waals surface area (Å²) < 4.78 is 26.3. The Morgan fingerprint density at radius 1 is 1.30 bits per heavy atom. The first-order chi connectivity index (χ1) is 13.6. The minimum absolute atomic E-state index is 0.0348. The van der Waals surface area contributed by atoms with Crippen LogP contribution in [0.1, 0.15) is 58.1 Å². The highest BCUT2D eigenvalue weighted by Crippen LogP contribution is 2.52. The SMILES string of the molecule is Cc1cc(C2=C(C#CP(=O)(O)C[C@@H](O)CC(=O)O)C(C)(C)CC(C)(C)C2)ccc1F. The van der Waals surface area contributed by atoms with Crippen LogP contribution >= 0.6 is 7.37 Å². The first-order valence-corrected chi connectivity index (χ1v) is 11.7. The van der Waals surface area contributed by atoms with Gasteiger partial charge in [-0.1, -0.05) is 39.7 Å². The summed E-state index contributed by atoms with van der Waals surface area (Å²) in [4.78, 5) is 20.9. The van der Waals surface area contributed by atoms with Crippen LogP contribution in [0.3, 0.4) is 0 Å². The van der Waals surface area contributed by atoms with Crippen LogP contribution in [0.15, 0.2) is 23.8 Å². The van der Waals surface area contributed by atoms with Gasteiger partial charge in [0.15, 0.2) is 0 Å². The lowest BCUT2D eigenvalue weighted by atomic mass is 9.61. The van der Waals surface area contributed by atoms with Gasteiger partial charge in [0.1, 0.15) is 5.82 Å². The minimum Gasteiger partial charge on any atom is -0.481 e. The molecule has 0 bridgehead atoms. The molecular weight excluding hydrogens is 406 g/mol. The first-order valence-electron chi connectivity index (χ1n) is 9.87. The number of aryl methyl sites for hydroxylation is 1. The number of aliphatic carboxylic acids is 1. The van der Waals surface area contributed by atoms with Gasteiger partial charge in [-0.05, 0) is 65.1 Å². The molecule has 2 atom stereocenters. The minimum atomic E-state index is -4.06. The van der Waals surface area contributed by atoms with Gasteiger partial charge in [-0.3, -0.25) is 9.36 Å². The van der Waals surface area contributed by atoms with Gasteiger partial charge in [-0.2, -0.15) is 0 Å². The number of halogens is 1. The van der Waals surface area contributed by atoms with E-state index >= 15 is 0 Å². The smallest absolute Gasteiger partial charge is 0.305 e. The zero-order valence-corrected chi connectivity index (χ0v) is 19.0. The molecule has 0 spiro atoms. The maximum Gasteiger partial charge on any atom is 0.305 e. The van der Waals surface area contributed by atoms with Crippen LogP contribution < -0.4 is 0 Å². The number of carboxylic acids is 1. The second-order valence-electron chi connectivity index (χ2n) is 9.59. The van der Waals surface area contributed by atoms with Gasteiger partial charge in [0.25, 0.3) is 7.37 Å². The van der Waals surface area contributed by atoms with E-state index in [4.69, 9.17) is 5.11 Å².